The first-order chi connectivity index (χ1) is 15.7. The molecular weight excluding hydrogens is 536 g/mol. The van der Waals surface area contributed by atoms with Gasteiger partial charge in [-0.2, -0.15) is 10.2 Å². The van der Waals surface area contributed by atoms with Gasteiger partial charge in [-0.15, -0.1) is 0 Å². The zero-order chi connectivity index (χ0) is 22.5. The second-order valence-corrected chi connectivity index (χ2v) is 8.79. The smallest absolute Gasteiger partial charge is 0.167 e. The maximum Gasteiger partial charge on any atom is 0.167 e. The summed E-state index contributed by atoms with van der Waals surface area (Å²) in [7, 11) is 1.92. The van der Waals surface area contributed by atoms with Gasteiger partial charge < -0.3 is 9.88 Å². The van der Waals surface area contributed by atoms with Gasteiger partial charge in [-0.05, 0) is 27.6 Å². The number of aryl methyl sites for hydroxylation is 1. The lowest BCUT2D eigenvalue weighted by atomic mass is 10.2. The standard InChI is InChI=1S/C19H17IN9P.C2H6/c1-27-12-21-16-18(25-17(26-19(16)27)14-7-23-29(10-14)30-20)24-15-8-22-28(11-15)9-13-5-3-2-4-6-13;1-2/h2-8,10-12,30H,9H2,1H3,(H,24,25,26);1-2H3. The van der Waals surface area contributed by atoms with E-state index in [9.17, 15) is 0 Å². The van der Waals surface area contributed by atoms with Crippen LogP contribution in [-0.4, -0.2) is 38.9 Å². The van der Waals surface area contributed by atoms with Gasteiger partial charge in [-0.1, -0.05) is 44.2 Å². The summed E-state index contributed by atoms with van der Waals surface area (Å²) < 4.78 is 5.64. The van der Waals surface area contributed by atoms with Crippen LogP contribution in [0.2, 0.25) is 0 Å². The van der Waals surface area contributed by atoms with Crippen molar-refractivity contribution in [3.05, 3.63) is 67.0 Å². The van der Waals surface area contributed by atoms with E-state index in [4.69, 9.17) is 9.97 Å². The molecule has 11 heteroatoms. The van der Waals surface area contributed by atoms with Crippen LogP contribution in [-0.2, 0) is 13.6 Å². The molecule has 164 valence electrons. The molecule has 4 aromatic heterocycles. The molecule has 4 heterocycles. The highest BCUT2D eigenvalue weighted by Gasteiger charge is 2.15. The van der Waals surface area contributed by atoms with E-state index in [-0.39, 0.29) is 0 Å². The second-order valence-electron chi connectivity index (χ2n) is 6.72. The highest BCUT2D eigenvalue weighted by atomic mass is 127. The fraction of sp³-hybridized carbons (Fsp3) is 0.190. The second kappa shape index (κ2) is 10.2. The Hall–Kier alpha value is -2.85. The number of rotatable bonds is 6. The number of hydrogen-bond donors (Lipinski definition) is 1. The molecule has 0 saturated carbocycles. The van der Waals surface area contributed by atoms with Gasteiger partial charge in [-0.3, -0.25) is 4.68 Å². The number of benzene rings is 1. The highest BCUT2D eigenvalue weighted by molar-refractivity contribution is 14.2. The third kappa shape index (κ3) is 4.81. The molecular formula is C21H23IN9P. The van der Waals surface area contributed by atoms with Gasteiger partial charge in [0, 0.05) is 19.4 Å². The molecule has 1 unspecified atom stereocenters. The van der Waals surface area contributed by atoms with E-state index in [0.29, 0.717) is 30.1 Å². The SMILES string of the molecule is CC.Cn1cnc2c(Nc3cnn(Cc4ccccc4)c3)nc(-c3cnn(PI)c3)nc21. The summed E-state index contributed by atoms with van der Waals surface area (Å²) in [6, 6.07) is 10.2. The summed E-state index contributed by atoms with van der Waals surface area (Å²) in [4.78, 5) is 13.9. The minimum atomic E-state index is 0.522. The van der Waals surface area contributed by atoms with Crippen LogP contribution in [0, 0.1) is 0 Å². The summed E-state index contributed by atoms with van der Waals surface area (Å²) in [5, 5.41) is 12.2. The van der Waals surface area contributed by atoms with E-state index in [1.165, 1.54) is 5.56 Å². The van der Waals surface area contributed by atoms with Crippen molar-refractivity contribution in [2.75, 3.05) is 5.32 Å². The molecule has 0 bridgehead atoms. The number of nitrogens with zero attached hydrogens (tertiary/aromatic N) is 8. The predicted octanol–water partition coefficient (Wildman–Crippen LogP) is 5.03. The summed E-state index contributed by atoms with van der Waals surface area (Å²) >= 11 is 2.29. The molecule has 1 atom stereocenters. The maximum atomic E-state index is 4.73. The van der Waals surface area contributed by atoms with Gasteiger partial charge in [0.1, 0.15) is 0 Å². The fourth-order valence-corrected chi connectivity index (χ4v) is 4.21. The Balaban J connectivity index is 0.00000119. The zero-order valence-electron chi connectivity index (χ0n) is 17.9. The normalized spacial score (nSPS) is 11.1. The molecule has 1 N–H and O–H groups in total. The molecule has 0 aliphatic heterocycles. The van der Waals surface area contributed by atoms with Crippen LogP contribution >= 0.6 is 28.4 Å². The van der Waals surface area contributed by atoms with Crippen LogP contribution in [0.3, 0.4) is 0 Å². The lowest BCUT2D eigenvalue weighted by Gasteiger charge is -2.06. The summed E-state index contributed by atoms with van der Waals surface area (Å²) in [6.07, 6.45) is 9.74. The topological polar surface area (TPSA) is 91.3 Å². The summed E-state index contributed by atoms with van der Waals surface area (Å²) in [5.74, 6) is 1.24. The Morgan fingerprint density at radius 2 is 1.84 bits per heavy atom. The Morgan fingerprint density at radius 3 is 2.59 bits per heavy atom. The van der Waals surface area contributed by atoms with Crippen molar-refractivity contribution < 1.29 is 0 Å². The molecule has 0 amide bonds. The minimum absolute atomic E-state index is 0.522. The first-order valence-electron chi connectivity index (χ1n) is 10.1. The predicted molar refractivity (Wildman–Crippen MR) is 138 cm³/mol. The van der Waals surface area contributed by atoms with E-state index in [1.54, 1.807) is 18.7 Å². The van der Waals surface area contributed by atoms with Crippen LogP contribution in [0.1, 0.15) is 19.4 Å². The monoisotopic (exact) mass is 559 g/mol. The molecule has 0 aliphatic carbocycles. The van der Waals surface area contributed by atoms with Crippen molar-refractivity contribution in [3.8, 4) is 11.4 Å². The largest absolute Gasteiger partial charge is 0.336 e. The summed E-state index contributed by atoms with van der Waals surface area (Å²) in [6.45, 7) is 4.70. The Bertz CT molecular complexity index is 1310. The molecule has 0 spiro atoms. The lowest BCUT2D eigenvalue weighted by molar-refractivity contribution is 0.687. The average molecular weight is 559 g/mol. The number of halogens is 1. The van der Waals surface area contributed by atoms with Crippen LogP contribution in [0.4, 0.5) is 11.5 Å². The number of nitrogens with one attached hydrogen (secondary N) is 1. The molecule has 0 radical (unpaired) electrons. The number of fused-ring (bicyclic) bond motifs is 1. The number of imidazole rings is 1. The lowest BCUT2D eigenvalue weighted by Crippen LogP contribution is -2.01. The van der Waals surface area contributed by atoms with Crippen LogP contribution in [0.5, 0.6) is 0 Å². The quantitative estimate of drug-likeness (QED) is 0.232. The molecule has 9 nitrogen and oxygen atoms in total. The van der Waals surface area contributed by atoms with E-state index < -0.39 is 0 Å². The van der Waals surface area contributed by atoms with Crippen LogP contribution in [0.15, 0.2) is 61.4 Å². The first kappa shape index (κ1) is 22.3. The van der Waals surface area contributed by atoms with Crippen LogP contribution < -0.4 is 5.32 Å². The molecule has 1 aromatic carbocycles. The zero-order valence-corrected chi connectivity index (χ0v) is 21.1. The Morgan fingerprint density at radius 1 is 1.03 bits per heavy atom. The van der Waals surface area contributed by atoms with Gasteiger partial charge in [0.25, 0.3) is 0 Å². The Labute approximate surface area is 200 Å². The molecule has 0 fully saturated rings. The van der Waals surface area contributed by atoms with Gasteiger partial charge in [0.15, 0.2) is 22.8 Å². The van der Waals surface area contributed by atoms with E-state index in [0.717, 1.165) is 16.9 Å². The van der Waals surface area contributed by atoms with E-state index in [2.05, 4.69) is 54.7 Å². The number of aromatic nitrogens is 8. The molecule has 0 aliphatic rings. The van der Waals surface area contributed by atoms with Crippen molar-refractivity contribution in [2.24, 2.45) is 7.05 Å². The molecule has 5 aromatic rings. The maximum absolute atomic E-state index is 4.73. The van der Waals surface area contributed by atoms with Crippen molar-refractivity contribution in [1.82, 2.24) is 38.9 Å². The Kier molecular flexibility index (Phi) is 7.11. The van der Waals surface area contributed by atoms with Gasteiger partial charge in [-0.25, -0.2) is 19.4 Å². The third-order valence-corrected chi connectivity index (χ3v) is 6.47. The highest BCUT2D eigenvalue weighted by Crippen LogP contribution is 2.28. The summed E-state index contributed by atoms with van der Waals surface area (Å²) in [5.41, 5.74) is 4.36. The molecule has 0 saturated heterocycles. The number of hydrogen-bond acceptors (Lipinski definition) is 6. The van der Waals surface area contributed by atoms with Crippen molar-refractivity contribution >= 4 is 51.1 Å². The minimum Gasteiger partial charge on any atom is -0.336 e. The van der Waals surface area contributed by atoms with E-state index >= 15 is 0 Å². The van der Waals surface area contributed by atoms with Gasteiger partial charge in [0.2, 0.25) is 0 Å². The third-order valence-electron chi connectivity index (χ3n) is 4.57. The molecule has 5 rings (SSSR count). The fourth-order valence-electron chi connectivity index (χ4n) is 3.13. The van der Waals surface area contributed by atoms with Crippen molar-refractivity contribution in [1.29, 1.82) is 0 Å². The van der Waals surface area contributed by atoms with Crippen molar-refractivity contribution in [2.45, 2.75) is 20.4 Å². The van der Waals surface area contributed by atoms with Crippen LogP contribution in [0.25, 0.3) is 22.6 Å². The van der Waals surface area contributed by atoms with Crippen molar-refractivity contribution in [3.63, 3.8) is 0 Å². The molecule has 32 heavy (non-hydrogen) atoms. The average Bonchev–Trinajstić information content (AvgIpc) is 3.57. The van der Waals surface area contributed by atoms with Gasteiger partial charge in [0.05, 0.1) is 42.9 Å². The van der Waals surface area contributed by atoms with E-state index in [1.807, 2.05) is 65.2 Å². The van der Waals surface area contributed by atoms with Gasteiger partial charge >= 0.3 is 0 Å². The first-order valence-corrected chi connectivity index (χ1v) is 14.2. The number of anilines is 2.